The van der Waals surface area contributed by atoms with Crippen molar-refractivity contribution in [3.05, 3.63) is 0 Å². The molecule has 0 saturated heterocycles. The number of nitrogens with one attached hydrogen (secondary N) is 2. The lowest BCUT2D eigenvalue weighted by Crippen LogP contribution is -2.57. The van der Waals surface area contributed by atoms with Gasteiger partial charge in [-0.25, -0.2) is 9.59 Å². The largest absolute Gasteiger partial charge is 0.480 e. The first kappa shape index (κ1) is 14.2. The van der Waals surface area contributed by atoms with Crippen LogP contribution in [0.15, 0.2) is 0 Å². The van der Waals surface area contributed by atoms with Gasteiger partial charge in [0.25, 0.3) is 0 Å². The third-order valence-corrected chi connectivity index (χ3v) is 4.52. The number of urea groups is 1. The molecule has 2 unspecified atom stereocenters. The molecule has 0 aromatic heterocycles. The fourth-order valence-electron chi connectivity index (χ4n) is 3.01. The molecule has 2 aliphatic carbocycles. The molecule has 2 aliphatic rings. The maximum absolute atomic E-state index is 12.0. The smallest absolute Gasteiger partial charge is 0.329 e. The normalized spacial score (nSPS) is 28.5. The van der Waals surface area contributed by atoms with Crippen LogP contribution in [-0.2, 0) is 4.79 Å². The Hall–Kier alpha value is -1.26. The zero-order valence-corrected chi connectivity index (χ0v) is 12.0. The van der Waals surface area contributed by atoms with Crippen molar-refractivity contribution in [3.63, 3.8) is 0 Å². The van der Waals surface area contributed by atoms with Gasteiger partial charge in [0.1, 0.15) is 5.54 Å². The highest BCUT2D eigenvalue weighted by Crippen LogP contribution is 2.40. The average Bonchev–Trinajstić information content (AvgIpc) is 3.05. The van der Waals surface area contributed by atoms with Crippen LogP contribution in [0.5, 0.6) is 0 Å². The number of amides is 2. The summed E-state index contributed by atoms with van der Waals surface area (Å²) < 4.78 is 0. The molecule has 0 spiro atoms. The third kappa shape index (κ3) is 3.19. The first-order valence-corrected chi connectivity index (χ1v) is 7.05. The summed E-state index contributed by atoms with van der Waals surface area (Å²) in [6.07, 6.45) is 4.76. The summed E-state index contributed by atoms with van der Waals surface area (Å²) in [5.41, 5.74) is -0.858. The topological polar surface area (TPSA) is 78.4 Å². The summed E-state index contributed by atoms with van der Waals surface area (Å²) in [5.74, 6) is -0.882. The van der Waals surface area contributed by atoms with E-state index in [0.29, 0.717) is 0 Å². The third-order valence-electron chi connectivity index (χ3n) is 4.52. The van der Waals surface area contributed by atoms with Crippen LogP contribution in [0, 0.1) is 11.3 Å². The number of aliphatic carboxylic acids is 1. The highest BCUT2D eigenvalue weighted by molar-refractivity contribution is 5.86. The van der Waals surface area contributed by atoms with Crippen LogP contribution >= 0.6 is 0 Å². The number of carbonyl (C=O) groups excluding carboxylic acids is 1. The predicted molar refractivity (Wildman–Crippen MR) is 71.9 cm³/mol. The van der Waals surface area contributed by atoms with E-state index in [4.69, 9.17) is 0 Å². The van der Waals surface area contributed by atoms with Crippen molar-refractivity contribution in [2.75, 3.05) is 0 Å². The average molecular weight is 268 g/mol. The lowest BCUT2D eigenvalue weighted by Gasteiger charge is -2.27. The van der Waals surface area contributed by atoms with E-state index < -0.39 is 11.5 Å². The van der Waals surface area contributed by atoms with Crippen molar-refractivity contribution >= 4 is 12.0 Å². The molecule has 0 bridgehead atoms. The first-order valence-electron chi connectivity index (χ1n) is 7.05. The Morgan fingerprint density at radius 1 is 1.26 bits per heavy atom. The summed E-state index contributed by atoms with van der Waals surface area (Å²) in [6.45, 7) is 5.99. The molecule has 2 atom stereocenters. The second kappa shape index (κ2) is 4.69. The van der Waals surface area contributed by atoms with Crippen LogP contribution in [-0.4, -0.2) is 28.7 Å². The Balaban J connectivity index is 1.89. The van der Waals surface area contributed by atoms with Gasteiger partial charge in [-0.1, -0.05) is 13.8 Å². The number of hydrogen-bond donors (Lipinski definition) is 3. The maximum Gasteiger partial charge on any atom is 0.329 e. The Bertz CT molecular complexity index is 390. The Labute approximate surface area is 114 Å². The minimum absolute atomic E-state index is 0.0655. The quantitative estimate of drug-likeness (QED) is 0.730. The van der Waals surface area contributed by atoms with Gasteiger partial charge in [0.05, 0.1) is 0 Å². The van der Waals surface area contributed by atoms with Gasteiger partial charge < -0.3 is 15.7 Å². The van der Waals surface area contributed by atoms with Crippen LogP contribution in [0.1, 0.15) is 52.9 Å². The summed E-state index contributed by atoms with van der Waals surface area (Å²) in [5, 5.41) is 14.9. The standard InChI is InChI=1S/C14H24N2O3/c1-13(2)7-6-10(8-13)15-12(19)16-14(3,11(17)18)9-4-5-9/h9-10H,4-8H2,1-3H3,(H,17,18)(H2,15,16,19). The summed E-state index contributed by atoms with van der Waals surface area (Å²) in [7, 11) is 0. The Morgan fingerprint density at radius 2 is 1.89 bits per heavy atom. The molecule has 5 nitrogen and oxygen atoms in total. The van der Waals surface area contributed by atoms with Crippen molar-refractivity contribution in [1.82, 2.24) is 10.6 Å². The zero-order chi connectivity index (χ0) is 14.3. The van der Waals surface area contributed by atoms with E-state index in [9.17, 15) is 14.7 Å². The lowest BCUT2D eigenvalue weighted by molar-refractivity contribution is -0.144. The molecule has 0 aliphatic heterocycles. The molecule has 108 valence electrons. The number of hydrogen-bond acceptors (Lipinski definition) is 2. The van der Waals surface area contributed by atoms with Gasteiger partial charge in [-0.2, -0.15) is 0 Å². The van der Waals surface area contributed by atoms with Crippen molar-refractivity contribution in [2.24, 2.45) is 11.3 Å². The number of rotatable bonds is 4. The molecule has 2 amide bonds. The highest BCUT2D eigenvalue weighted by Gasteiger charge is 2.48. The molecule has 0 heterocycles. The molecule has 19 heavy (non-hydrogen) atoms. The second-order valence-electron chi connectivity index (χ2n) is 6.98. The molecule has 2 rings (SSSR count). The molecule has 3 N–H and O–H groups in total. The second-order valence-corrected chi connectivity index (χ2v) is 6.98. The van der Waals surface area contributed by atoms with E-state index in [2.05, 4.69) is 24.5 Å². The summed E-state index contributed by atoms with van der Waals surface area (Å²) in [6, 6.07) is -0.188. The Kier molecular flexibility index (Phi) is 3.49. The van der Waals surface area contributed by atoms with E-state index in [1.807, 2.05) is 0 Å². The van der Waals surface area contributed by atoms with Gasteiger partial charge >= 0.3 is 12.0 Å². The lowest BCUT2D eigenvalue weighted by atomic mass is 9.92. The van der Waals surface area contributed by atoms with Crippen molar-refractivity contribution in [2.45, 2.75) is 64.5 Å². The molecule has 0 aromatic carbocycles. The van der Waals surface area contributed by atoms with Gasteiger partial charge in [-0.15, -0.1) is 0 Å². The van der Waals surface area contributed by atoms with E-state index >= 15 is 0 Å². The summed E-state index contributed by atoms with van der Waals surface area (Å²) in [4.78, 5) is 23.3. The van der Waals surface area contributed by atoms with Crippen molar-refractivity contribution in [1.29, 1.82) is 0 Å². The van der Waals surface area contributed by atoms with Crippen LogP contribution in [0.4, 0.5) is 4.79 Å². The predicted octanol–water partition coefficient (Wildman–Crippen LogP) is 2.12. The maximum atomic E-state index is 12.0. The van der Waals surface area contributed by atoms with Crippen LogP contribution < -0.4 is 10.6 Å². The van der Waals surface area contributed by atoms with Gasteiger partial charge in [-0.3, -0.25) is 0 Å². The molecule has 2 saturated carbocycles. The van der Waals surface area contributed by atoms with Crippen molar-refractivity contribution < 1.29 is 14.7 Å². The highest BCUT2D eigenvalue weighted by atomic mass is 16.4. The fraction of sp³-hybridized carbons (Fsp3) is 0.857. The zero-order valence-electron chi connectivity index (χ0n) is 12.0. The van der Waals surface area contributed by atoms with E-state index in [-0.39, 0.29) is 23.4 Å². The summed E-state index contributed by atoms with van der Waals surface area (Å²) >= 11 is 0. The van der Waals surface area contributed by atoms with Gasteiger partial charge in [0, 0.05) is 6.04 Å². The van der Waals surface area contributed by atoms with Gasteiger partial charge in [0.15, 0.2) is 0 Å². The minimum Gasteiger partial charge on any atom is -0.480 e. The number of carboxylic acids is 1. The monoisotopic (exact) mass is 268 g/mol. The molecule has 2 fully saturated rings. The van der Waals surface area contributed by atoms with E-state index in [0.717, 1.165) is 32.1 Å². The van der Waals surface area contributed by atoms with Crippen LogP contribution in [0.2, 0.25) is 0 Å². The van der Waals surface area contributed by atoms with Gasteiger partial charge in [-0.05, 0) is 50.4 Å². The number of carboxylic acid groups (broad SMARTS) is 1. The first-order chi connectivity index (χ1) is 8.73. The van der Waals surface area contributed by atoms with E-state index in [1.165, 1.54) is 0 Å². The number of carbonyl (C=O) groups is 2. The SMILES string of the molecule is CC1(C)CCC(NC(=O)NC(C)(C(=O)O)C2CC2)C1. The molecular formula is C14H24N2O3. The van der Waals surface area contributed by atoms with Crippen LogP contribution in [0.25, 0.3) is 0 Å². The Morgan fingerprint density at radius 3 is 2.32 bits per heavy atom. The molecule has 5 heteroatoms. The van der Waals surface area contributed by atoms with Gasteiger partial charge in [0.2, 0.25) is 0 Å². The minimum atomic E-state index is -1.13. The molecule has 0 radical (unpaired) electrons. The van der Waals surface area contributed by atoms with Crippen LogP contribution in [0.3, 0.4) is 0 Å². The molecular weight excluding hydrogens is 244 g/mol. The fourth-order valence-corrected chi connectivity index (χ4v) is 3.01. The molecule has 0 aromatic rings. The van der Waals surface area contributed by atoms with Crippen molar-refractivity contribution in [3.8, 4) is 0 Å². The van der Waals surface area contributed by atoms with E-state index in [1.54, 1.807) is 6.92 Å².